The van der Waals surface area contributed by atoms with E-state index in [2.05, 4.69) is 10.6 Å². The summed E-state index contributed by atoms with van der Waals surface area (Å²) >= 11 is 0. The van der Waals surface area contributed by atoms with E-state index < -0.39 is 29.0 Å². The topological polar surface area (TPSA) is 58.2 Å². The Morgan fingerprint density at radius 1 is 0.840 bits per heavy atom. The summed E-state index contributed by atoms with van der Waals surface area (Å²) in [6.45, 7) is 0. The largest absolute Gasteiger partial charge is 0.416 e. The molecular formula is C18H15F3N2O2. The highest BCUT2D eigenvalue weighted by atomic mass is 19.4. The molecule has 1 aliphatic carbocycles. The van der Waals surface area contributed by atoms with E-state index in [4.69, 9.17) is 0 Å². The van der Waals surface area contributed by atoms with Crippen molar-refractivity contribution in [3.63, 3.8) is 0 Å². The van der Waals surface area contributed by atoms with E-state index in [0.717, 1.165) is 12.1 Å². The molecule has 25 heavy (non-hydrogen) atoms. The number of benzene rings is 2. The third kappa shape index (κ3) is 3.65. The molecule has 2 N–H and O–H groups in total. The van der Waals surface area contributed by atoms with Gasteiger partial charge >= 0.3 is 6.18 Å². The molecule has 0 heterocycles. The number of para-hydroxylation sites is 1. The highest BCUT2D eigenvalue weighted by Crippen LogP contribution is 2.47. The van der Waals surface area contributed by atoms with E-state index in [1.54, 1.807) is 30.3 Å². The molecule has 0 saturated heterocycles. The van der Waals surface area contributed by atoms with Gasteiger partial charge in [0, 0.05) is 11.4 Å². The Balaban J connectivity index is 1.71. The highest BCUT2D eigenvalue weighted by molar-refractivity contribution is 6.16. The molecular weight excluding hydrogens is 333 g/mol. The van der Waals surface area contributed by atoms with Crippen LogP contribution in [-0.2, 0) is 15.8 Å². The van der Waals surface area contributed by atoms with Gasteiger partial charge in [-0.1, -0.05) is 24.3 Å². The average Bonchev–Trinajstić information content (AvgIpc) is 3.37. The predicted octanol–water partition coefficient (Wildman–Crippen LogP) is 4.06. The number of halogens is 3. The van der Waals surface area contributed by atoms with Crippen molar-refractivity contribution in [2.24, 2.45) is 5.41 Å². The molecule has 0 unspecified atom stereocenters. The van der Waals surface area contributed by atoms with Gasteiger partial charge in [0.2, 0.25) is 11.8 Å². The minimum absolute atomic E-state index is 0.0126. The Morgan fingerprint density at radius 3 is 1.96 bits per heavy atom. The molecule has 0 aliphatic heterocycles. The van der Waals surface area contributed by atoms with Crippen molar-refractivity contribution in [1.82, 2.24) is 0 Å². The monoisotopic (exact) mass is 348 g/mol. The van der Waals surface area contributed by atoms with Gasteiger partial charge in [0.25, 0.3) is 0 Å². The van der Waals surface area contributed by atoms with E-state index in [-0.39, 0.29) is 5.69 Å². The summed E-state index contributed by atoms with van der Waals surface area (Å²) in [6.07, 6.45) is -3.78. The van der Waals surface area contributed by atoms with E-state index in [1.165, 1.54) is 12.1 Å². The summed E-state index contributed by atoms with van der Waals surface area (Å²) in [7, 11) is 0. The van der Waals surface area contributed by atoms with Crippen LogP contribution in [0.2, 0.25) is 0 Å². The molecule has 4 nitrogen and oxygen atoms in total. The Bertz CT molecular complexity index is 799. The van der Waals surface area contributed by atoms with Gasteiger partial charge in [0.15, 0.2) is 0 Å². The number of amides is 2. The molecule has 0 atom stereocenters. The first kappa shape index (κ1) is 17.0. The molecule has 2 aromatic rings. The quantitative estimate of drug-likeness (QED) is 0.819. The summed E-state index contributed by atoms with van der Waals surface area (Å²) in [5.74, 6) is -1.05. The third-order valence-corrected chi connectivity index (χ3v) is 4.10. The van der Waals surface area contributed by atoms with Crippen LogP contribution < -0.4 is 10.6 Å². The first-order valence-electron chi connectivity index (χ1n) is 7.66. The third-order valence-electron chi connectivity index (χ3n) is 4.10. The van der Waals surface area contributed by atoms with Gasteiger partial charge in [-0.2, -0.15) is 13.2 Å². The lowest BCUT2D eigenvalue weighted by Crippen LogP contribution is -2.35. The molecule has 0 bridgehead atoms. The van der Waals surface area contributed by atoms with E-state index in [9.17, 15) is 22.8 Å². The first-order chi connectivity index (χ1) is 11.8. The molecule has 2 amide bonds. The number of carbonyl (C=O) groups excluding carboxylic acids is 2. The number of hydrogen-bond donors (Lipinski definition) is 2. The van der Waals surface area contributed by atoms with Crippen molar-refractivity contribution >= 4 is 23.2 Å². The van der Waals surface area contributed by atoms with Crippen molar-refractivity contribution in [2.75, 3.05) is 10.6 Å². The fraction of sp³-hybridized carbons (Fsp3) is 0.222. The fourth-order valence-electron chi connectivity index (χ4n) is 2.48. The molecule has 2 aromatic carbocycles. The molecule has 0 radical (unpaired) electrons. The summed E-state index contributed by atoms with van der Waals surface area (Å²) in [4.78, 5) is 24.8. The maximum atomic E-state index is 12.7. The summed E-state index contributed by atoms with van der Waals surface area (Å²) < 4.78 is 38.2. The maximum Gasteiger partial charge on any atom is 0.416 e. The SMILES string of the molecule is O=C(Nc1ccccc1)C1(C(=O)Nc2cccc(C(F)(F)F)c2)CC1. The second-order valence-corrected chi connectivity index (χ2v) is 5.93. The summed E-state index contributed by atoms with van der Waals surface area (Å²) in [5, 5.41) is 5.09. The van der Waals surface area contributed by atoms with Gasteiger partial charge in [-0.05, 0) is 43.2 Å². The number of nitrogens with one attached hydrogen (secondary N) is 2. The normalized spacial score (nSPS) is 15.3. The van der Waals surface area contributed by atoms with Crippen LogP contribution in [0.15, 0.2) is 54.6 Å². The summed E-state index contributed by atoms with van der Waals surface area (Å²) in [6, 6.07) is 13.0. The van der Waals surface area contributed by atoms with Crippen LogP contribution in [0.4, 0.5) is 24.5 Å². The van der Waals surface area contributed by atoms with Crippen LogP contribution in [0, 0.1) is 5.41 Å². The van der Waals surface area contributed by atoms with Crippen LogP contribution in [0.3, 0.4) is 0 Å². The summed E-state index contributed by atoms with van der Waals surface area (Å²) in [5.41, 5.74) is -1.52. The van der Waals surface area contributed by atoms with Crippen molar-refractivity contribution in [3.05, 3.63) is 60.2 Å². The van der Waals surface area contributed by atoms with Gasteiger partial charge in [-0.3, -0.25) is 9.59 Å². The van der Waals surface area contributed by atoms with Crippen molar-refractivity contribution in [3.8, 4) is 0 Å². The molecule has 1 fully saturated rings. The Morgan fingerprint density at radius 2 is 1.40 bits per heavy atom. The number of hydrogen-bond acceptors (Lipinski definition) is 2. The van der Waals surface area contributed by atoms with Crippen LogP contribution in [0.25, 0.3) is 0 Å². The first-order valence-corrected chi connectivity index (χ1v) is 7.66. The van der Waals surface area contributed by atoms with Crippen LogP contribution in [-0.4, -0.2) is 11.8 Å². The minimum Gasteiger partial charge on any atom is -0.325 e. The lowest BCUT2D eigenvalue weighted by molar-refractivity contribution is -0.137. The number of anilines is 2. The zero-order valence-electron chi connectivity index (χ0n) is 13.1. The lowest BCUT2D eigenvalue weighted by atomic mass is 10.0. The fourth-order valence-corrected chi connectivity index (χ4v) is 2.48. The molecule has 130 valence electrons. The second-order valence-electron chi connectivity index (χ2n) is 5.93. The Hall–Kier alpha value is -2.83. The molecule has 0 spiro atoms. The Kier molecular flexibility index (Phi) is 4.24. The molecule has 7 heteroatoms. The average molecular weight is 348 g/mol. The van der Waals surface area contributed by atoms with Gasteiger partial charge in [0.1, 0.15) is 5.41 Å². The van der Waals surface area contributed by atoms with Crippen molar-refractivity contribution < 1.29 is 22.8 Å². The van der Waals surface area contributed by atoms with Gasteiger partial charge in [-0.25, -0.2) is 0 Å². The second kappa shape index (κ2) is 6.23. The lowest BCUT2D eigenvalue weighted by Gasteiger charge is -2.16. The van der Waals surface area contributed by atoms with Crippen molar-refractivity contribution in [1.29, 1.82) is 0 Å². The number of alkyl halides is 3. The molecule has 1 aliphatic rings. The molecule has 3 rings (SSSR count). The van der Waals surface area contributed by atoms with Gasteiger partial charge < -0.3 is 10.6 Å². The van der Waals surface area contributed by atoms with E-state index in [0.29, 0.717) is 18.5 Å². The standard InChI is InChI=1S/C18H15F3N2O2/c19-18(20,21)12-5-4-8-14(11-12)23-16(25)17(9-10-17)15(24)22-13-6-2-1-3-7-13/h1-8,11H,9-10H2,(H,22,24)(H,23,25). The highest BCUT2D eigenvalue weighted by Gasteiger charge is 2.56. The zero-order chi connectivity index (χ0) is 18.1. The van der Waals surface area contributed by atoms with Crippen LogP contribution in [0.5, 0.6) is 0 Å². The van der Waals surface area contributed by atoms with E-state index >= 15 is 0 Å². The predicted molar refractivity (Wildman–Crippen MR) is 86.8 cm³/mol. The minimum atomic E-state index is -4.50. The van der Waals surface area contributed by atoms with Crippen LogP contribution in [0.1, 0.15) is 18.4 Å². The zero-order valence-corrected chi connectivity index (χ0v) is 13.1. The van der Waals surface area contributed by atoms with Gasteiger partial charge in [0.05, 0.1) is 5.56 Å². The number of rotatable bonds is 4. The molecule has 1 saturated carbocycles. The van der Waals surface area contributed by atoms with Crippen LogP contribution >= 0.6 is 0 Å². The maximum absolute atomic E-state index is 12.7. The van der Waals surface area contributed by atoms with Crippen molar-refractivity contribution in [2.45, 2.75) is 19.0 Å². The Labute approximate surface area is 142 Å². The number of carbonyl (C=O) groups is 2. The molecule has 0 aromatic heterocycles. The van der Waals surface area contributed by atoms with Gasteiger partial charge in [-0.15, -0.1) is 0 Å². The van der Waals surface area contributed by atoms with E-state index in [1.807, 2.05) is 0 Å². The smallest absolute Gasteiger partial charge is 0.325 e.